The molecule has 2 atom stereocenters. The van der Waals surface area contributed by atoms with Gasteiger partial charge in [0.15, 0.2) is 0 Å². The van der Waals surface area contributed by atoms with Gasteiger partial charge in [0.1, 0.15) is 0 Å². The summed E-state index contributed by atoms with van der Waals surface area (Å²) < 4.78 is 0. The molecule has 1 aliphatic rings. The highest BCUT2D eigenvalue weighted by molar-refractivity contribution is 5.16. The molecule has 1 heterocycles. The first-order valence-electron chi connectivity index (χ1n) is 8.63. The summed E-state index contributed by atoms with van der Waals surface area (Å²) in [5.74, 6) is 0. The van der Waals surface area contributed by atoms with Crippen molar-refractivity contribution in [3.63, 3.8) is 0 Å². The van der Waals surface area contributed by atoms with E-state index in [9.17, 15) is 0 Å². The molecule has 1 saturated heterocycles. The zero-order valence-electron chi connectivity index (χ0n) is 13.6. The van der Waals surface area contributed by atoms with E-state index in [-0.39, 0.29) is 0 Å². The molecule has 0 bridgehead atoms. The van der Waals surface area contributed by atoms with Crippen LogP contribution in [0.5, 0.6) is 0 Å². The molecule has 0 N–H and O–H groups in total. The summed E-state index contributed by atoms with van der Waals surface area (Å²) in [7, 11) is 2.33. The number of benzene rings is 2. The molecular formula is C21H27N. The van der Waals surface area contributed by atoms with Crippen LogP contribution in [0.3, 0.4) is 0 Å². The SMILES string of the molecule is CN1[C@H](CCc2ccccc2)CC[C@@H]1CCc1ccccc1. The molecule has 1 aliphatic heterocycles. The molecule has 0 radical (unpaired) electrons. The van der Waals surface area contributed by atoms with Crippen molar-refractivity contribution < 1.29 is 0 Å². The van der Waals surface area contributed by atoms with Crippen LogP contribution in [0.25, 0.3) is 0 Å². The van der Waals surface area contributed by atoms with E-state index in [0.717, 1.165) is 12.1 Å². The van der Waals surface area contributed by atoms with Crippen LogP contribution in [0, 0.1) is 0 Å². The van der Waals surface area contributed by atoms with Gasteiger partial charge in [-0.25, -0.2) is 0 Å². The molecule has 0 aromatic heterocycles. The van der Waals surface area contributed by atoms with Crippen LogP contribution in [0.2, 0.25) is 0 Å². The summed E-state index contributed by atoms with van der Waals surface area (Å²) in [4.78, 5) is 2.64. The van der Waals surface area contributed by atoms with Gasteiger partial charge in [-0.2, -0.15) is 0 Å². The minimum atomic E-state index is 0.765. The Bertz CT molecular complexity index is 497. The Labute approximate surface area is 135 Å². The van der Waals surface area contributed by atoms with E-state index in [1.807, 2.05) is 0 Å². The summed E-state index contributed by atoms with van der Waals surface area (Å²) in [6.45, 7) is 0. The maximum Gasteiger partial charge on any atom is 0.00988 e. The maximum absolute atomic E-state index is 2.64. The van der Waals surface area contributed by atoms with Gasteiger partial charge in [-0.15, -0.1) is 0 Å². The molecule has 22 heavy (non-hydrogen) atoms. The average molecular weight is 293 g/mol. The van der Waals surface area contributed by atoms with Gasteiger partial charge in [0.05, 0.1) is 0 Å². The summed E-state index contributed by atoms with van der Waals surface area (Å²) in [5.41, 5.74) is 2.95. The largest absolute Gasteiger partial charge is 0.300 e. The van der Waals surface area contributed by atoms with Crippen LogP contribution in [0.4, 0.5) is 0 Å². The minimum Gasteiger partial charge on any atom is -0.300 e. The fraction of sp³-hybridized carbons (Fsp3) is 0.429. The first-order chi connectivity index (χ1) is 10.8. The first kappa shape index (κ1) is 15.3. The van der Waals surface area contributed by atoms with Crippen molar-refractivity contribution in [1.82, 2.24) is 4.90 Å². The van der Waals surface area contributed by atoms with Crippen molar-refractivity contribution in [3.05, 3.63) is 71.8 Å². The second kappa shape index (κ2) is 7.60. The van der Waals surface area contributed by atoms with Gasteiger partial charge in [-0.05, 0) is 56.7 Å². The molecule has 0 amide bonds. The molecular weight excluding hydrogens is 266 g/mol. The third-order valence-corrected chi connectivity index (χ3v) is 5.20. The van der Waals surface area contributed by atoms with E-state index in [2.05, 4.69) is 72.6 Å². The molecule has 0 spiro atoms. The first-order valence-corrected chi connectivity index (χ1v) is 8.63. The van der Waals surface area contributed by atoms with Gasteiger partial charge in [0, 0.05) is 12.1 Å². The molecule has 1 heteroatoms. The summed E-state index contributed by atoms with van der Waals surface area (Å²) in [5, 5.41) is 0. The number of likely N-dealkylation sites (tertiary alicyclic amines) is 1. The average Bonchev–Trinajstić information content (AvgIpc) is 2.93. The van der Waals surface area contributed by atoms with E-state index < -0.39 is 0 Å². The second-order valence-corrected chi connectivity index (χ2v) is 6.60. The fourth-order valence-electron chi connectivity index (χ4n) is 3.74. The predicted octanol–water partition coefficient (Wildman–Crippen LogP) is 4.71. The maximum atomic E-state index is 2.64. The zero-order valence-corrected chi connectivity index (χ0v) is 13.6. The monoisotopic (exact) mass is 293 g/mol. The molecule has 2 aromatic rings. The molecule has 3 rings (SSSR count). The second-order valence-electron chi connectivity index (χ2n) is 6.60. The summed E-state index contributed by atoms with van der Waals surface area (Å²) in [6, 6.07) is 23.3. The Kier molecular flexibility index (Phi) is 5.29. The van der Waals surface area contributed by atoms with Crippen molar-refractivity contribution in [2.24, 2.45) is 0 Å². The lowest BCUT2D eigenvalue weighted by Gasteiger charge is -2.26. The summed E-state index contributed by atoms with van der Waals surface area (Å²) in [6.07, 6.45) is 7.73. The third kappa shape index (κ3) is 3.98. The van der Waals surface area contributed by atoms with Gasteiger partial charge in [-0.3, -0.25) is 0 Å². The number of aryl methyl sites for hydroxylation is 2. The van der Waals surface area contributed by atoms with Crippen molar-refractivity contribution in [3.8, 4) is 0 Å². The van der Waals surface area contributed by atoms with Gasteiger partial charge >= 0.3 is 0 Å². The molecule has 0 unspecified atom stereocenters. The van der Waals surface area contributed by atoms with Crippen molar-refractivity contribution in [2.75, 3.05) is 7.05 Å². The van der Waals surface area contributed by atoms with Gasteiger partial charge < -0.3 is 4.90 Å². The lowest BCUT2D eigenvalue weighted by Crippen LogP contribution is -2.32. The van der Waals surface area contributed by atoms with Crippen LogP contribution >= 0.6 is 0 Å². The minimum absolute atomic E-state index is 0.765. The van der Waals surface area contributed by atoms with Crippen molar-refractivity contribution in [2.45, 2.75) is 50.6 Å². The number of nitrogens with zero attached hydrogens (tertiary/aromatic N) is 1. The topological polar surface area (TPSA) is 3.24 Å². The predicted molar refractivity (Wildman–Crippen MR) is 94.1 cm³/mol. The van der Waals surface area contributed by atoms with Crippen LogP contribution < -0.4 is 0 Å². The zero-order chi connectivity index (χ0) is 15.2. The number of hydrogen-bond donors (Lipinski definition) is 0. The van der Waals surface area contributed by atoms with Crippen molar-refractivity contribution in [1.29, 1.82) is 0 Å². The molecule has 1 nitrogen and oxygen atoms in total. The summed E-state index contributed by atoms with van der Waals surface area (Å²) >= 11 is 0. The quantitative estimate of drug-likeness (QED) is 0.745. The lowest BCUT2D eigenvalue weighted by molar-refractivity contribution is 0.223. The third-order valence-electron chi connectivity index (χ3n) is 5.20. The normalized spacial score (nSPS) is 22.0. The van der Waals surface area contributed by atoms with E-state index in [1.165, 1.54) is 49.7 Å². The highest BCUT2D eigenvalue weighted by Crippen LogP contribution is 2.28. The lowest BCUT2D eigenvalue weighted by atomic mass is 10.0. The number of hydrogen-bond acceptors (Lipinski definition) is 1. The molecule has 116 valence electrons. The van der Waals surface area contributed by atoms with Gasteiger partial charge in [0.2, 0.25) is 0 Å². The van der Waals surface area contributed by atoms with Crippen LogP contribution in [-0.2, 0) is 12.8 Å². The van der Waals surface area contributed by atoms with E-state index in [1.54, 1.807) is 0 Å². The van der Waals surface area contributed by atoms with Crippen molar-refractivity contribution >= 4 is 0 Å². The Morgan fingerprint density at radius 2 is 1.14 bits per heavy atom. The Hall–Kier alpha value is -1.60. The molecule has 2 aromatic carbocycles. The highest BCUT2D eigenvalue weighted by Gasteiger charge is 2.29. The molecule has 1 fully saturated rings. The standard InChI is InChI=1S/C21H27N/c1-22-20(14-12-18-8-4-2-5-9-18)16-17-21(22)15-13-19-10-6-3-7-11-19/h2-11,20-21H,12-17H2,1H3/t20-,21+. The smallest absolute Gasteiger partial charge is 0.00988 e. The van der Waals surface area contributed by atoms with E-state index >= 15 is 0 Å². The Morgan fingerprint density at radius 3 is 1.55 bits per heavy atom. The number of rotatable bonds is 6. The van der Waals surface area contributed by atoms with E-state index in [0.29, 0.717) is 0 Å². The Balaban J connectivity index is 1.46. The van der Waals surface area contributed by atoms with E-state index in [4.69, 9.17) is 0 Å². The van der Waals surface area contributed by atoms with Crippen LogP contribution in [0.15, 0.2) is 60.7 Å². The van der Waals surface area contributed by atoms with Crippen LogP contribution in [-0.4, -0.2) is 24.0 Å². The van der Waals surface area contributed by atoms with Gasteiger partial charge in [-0.1, -0.05) is 60.7 Å². The molecule has 0 aliphatic carbocycles. The molecule has 0 saturated carbocycles. The Morgan fingerprint density at radius 1 is 0.727 bits per heavy atom. The fourth-order valence-corrected chi connectivity index (χ4v) is 3.74. The highest BCUT2D eigenvalue weighted by atomic mass is 15.2. The van der Waals surface area contributed by atoms with Crippen LogP contribution in [0.1, 0.15) is 36.8 Å². The van der Waals surface area contributed by atoms with Gasteiger partial charge in [0.25, 0.3) is 0 Å².